The SMILES string of the molecule is CC(=O)OC1c2ccccc2C2(C)CCN(C)C1C2. The molecule has 1 saturated heterocycles. The molecule has 1 aliphatic heterocycles. The molecule has 0 amide bonds. The molecule has 0 radical (unpaired) electrons. The van der Waals surface area contributed by atoms with Gasteiger partial charge in [-0.15, -0.1) is 0 Å². The molecule has 1 aromatic rings. The summed E-state index contributed by atoms with van der Waals surface area (Å²) in [6.45, 7) is 4.91. The van der Waals surface area contributed by atoms with E-state index in [1.807, 2.05) is 6.07 Å². The van der Waals surface area contributed by atoms with Gasteiger partial charge in [-0.25, -0.2) is 0 Å². The molecule has 0 saturated carbocycles. The molecule has 0 N–H and O–H groups in total. The molecule has 19 heavy (non-hydrogen) atoms. The van der Waals surface area contributed by atoms with Gasteiger partial charge in [-0.3, -0.25) is 9.69 Å². The predicted molar refractivity (Wildman–Crippen MR) is 74.0 cm³/mol. The number of hydrogen-bond donors (Lipinski definition) is 0. The molecule has 0 aromatic heterocycles. The molecular weight excluding hydrogens is 238 g/mol. The highest BCUT2D eigenvalue weighted by atomic mass is 16.5. The Balaban J connectivity index is 2.10. The van der Waals surface area contributed by atoms with Gasteiger partial charge >= 0.3 is 5.97 Å². The molecular formula is C16H21NO2. The number of rotatable bonds is 1. The van der Waals surface area contributed by atoms with Crippen molar-refractivity contribution in [2.45, 2.75) is 44.2 Å². The van der Waals surface area contributed by atoms with Gasteiger partial charge in [0, 0.05) is 6.92 Å². The minimum atomic E-state index is -0.192. The van der Waals surface area contributed by atoms with Gasteiger partial charge in [-0.2, -0.15) is 0 Å². The third-order valence-electron chi connectivity index (χ3n) is 4.80. The number of esters is 1. The van der Waals surface area contributed by atoms with Gasteiger partial charge in [0.15, 0.2) is 0 Å². The fraction of sp³-hybridized carbons (Fsp3) is 0.562. The van der Waals surface area contributed by atoms with Crippen LogP contribution in [0.1, 0.15) is 43.9 Å². The fourth-order valence-corrected chi connectivity index (χ4v) is 3.71. The Morgan fingerprint density at radius 3 is 2.89 bits per heavy atom. The Bertz CT molecular complexity index is 513. The average molecular weight is 259 g/mol. The van der Waals surface area contributed by atoms with Crippen molar-refractivity contribution in [3.63, 3.8) is 0 Å². The van der Waals surface area contributed by atoms with E-state index in [-0.39, 0.29) is 17.5 Å². The van der Waals surface area contributed by atoms with Gasteiger partial charge in [0.1, 0.15) is 6.10 Å². The van der Waals surface area contributed by atoms with Gasteiger partial charge in [0.2, 0.25) is 0 Å². The first-order chi connectivity index (χ1) is 9.01. The van der Waals surface area contributed by atoms with Crippen LogP contribution in [-0.2, 0) is 14.9 Å². The monoisotopic (exact) mass is 259 g/mol. The lowest BCUT2D eigenvalue weighted by Crippen LogP contribution is -2.53. The standard InChI is InChI=1S/C16H21NO2/c1-11(18)19-15-12-6-4-5-7-13(12)16(2)8-9-17(3)14(15)10-16/h4-7,14-15H,8-10H2,1-3H3. The number of fused-ring (bicyclic) bond motifs is 4. The van der Waals surface area contributed by atoms with E-state index >= 15 is 0 Å². The molecule has 1 aromatic carbocycles. The van der Waals surface area contributed by atoms with E-state index in [1.165, 1.54) is 24.5 Å². The van der Waals surface area contributed by atoms with Crippen molar-refractivity contribution < 1.29 is 9.53 Å². The molecule has 3 nitrogen and oxygen atoms in total. The van der Waals surface area contributed by atoms with E-state index in [0.29, 0.717) is 6.04 Å². The molecule has 0 spiro atoms. The van der Waals surface area contributed by atoms with E-state index in [1.54, 1.807) is 0 Å². The maximum atomic E-state index is 11.4. The minimum Gasteiger partial charge on any atom is -0.456 e. The third-order valence-corrected chi connectivity index (χ3v) is 4.80. The summed E-state index contributed by atoms with van der Waals surface area (Å²) in [5.74, 6) is -0.192. The topological polar surface area (TPSA) is 29.5 Å². The van der Waals surface area contributed by atoms with Crippen molar-refractivity contribution in [1.82, 2.24) is 4.90 Å². The number of carbonyl (C=O) groups is 1. The Labute approximate surface area is 114 Å². The van der Waals surface area contributed by atoms with Gasteiger partial charge in [0.05, 0.1) is 6.04 Å². The lowest BCUT2D eigenvalue weighted by atomic mass is 9.64. The van der Waals surface area contributed by atoms with Crippen molar-refractivity contribution in [3.05, 3.63) is 35.4 Å². The number of ether oxygens (including phenoxy) is 1. The number of likely N-dealkylation sites (N-methyl/N-ethyl adjacent to an activating group) is 1. The number of benzene rings is 1. The lowest BCUT2D eigenvalue weighted by molar-refractivity contribution is -0.153. The summed E-state index contributed by atoms with van der Waals surface area (Å²) in [6, 6.07) is 8.75. The molecule has 3 heteroatoms. The first-order valence-corrected chi connectivity index (χ1v) is 6.98. The molecule has 102 valence electrons. The zero-order valence-corrected chi connectivity index (χ0v) is 11.8. The molecule has 2 bridgehead atoms. The highest BCUT2D eigenvalue weighted by Gasteiger charge is 2.47. The van der Waals surface area contributed by atoms with Crippen LogP contribution in [0.2, 0.25) is 0 Å². The zero-order valence-electron chi connectivity index (χ0n) is 11.8. The molecule has 3 unspecified atom stereocenters. The minimum absolute atomic E-state index is 0.118. The van der Waals surface area contributed by atoms with Crippen molar-refractivity contribution in [3.8, 4) is 0 Å². The Kier molecular flexibility index (Phi) is 2.90. The largest absolute Gasteiger partial charge is 0.456 e. The first kappa shape index (κ1) is 12.7. The van der Waals surface area contributed by atoms with Crippen LogP contribution in [0.5, 0.6) is 0 Å². The second-order valence-electron chi connectivity index (χ2n) is 6.18. The van der Waals surface area contributed by atoms with Gasteiger partial charge in [-0.05, 0) is 43.0 Å². The number of piperidine rings is 1. The second kappa shape index (κ2) is 4.34. The summed E-state index contributed by atoms with van der Waals surface area (Å²) in [6.07, 6.45) is 2.12. The highest BCUT2D eigenvalue weighted by molar-refractivity contribution is 5.66. The van der Waals surface area contributed by atoms with Gasteiger partial charge < -0.3 is 4.74 Å². The van der Waals surface area contributed by atoms with Crippen LogP contribution in [0.4, 0.5) is 0 Å². The quantitative estimate of drug-likeness (QED) is 0.726. The van der Waals surface area contributed by atoms with E-state index in [4.69, 9.17) is 4.74 Å². The molecule has 3 atom stereocenters. The van der Waals surface area contributed by atoms with Crippen LogP contribution in [0.3, 0.4) is 0 Å². The van der Waals surface area contributed by atoms with E-state index in [2.05, 4.69) is 37.1 Å². The number of nitrogens with zero attached hydrogens (tertiary/aromatic N) is 1. The number of likely N-dealkylation sites (tertiary alicyclic amines) is 1. The molecule has 2 aliphatic rings. The Morgan fingerprint density at radius 2 is 2.16 bits per heavy atom. The maximum Gasteiger partial charge on any atom is 0.303 e. The third kappa shape index (κ3) is 1.96. The molecule has 1 aliphatic carbocycles. The van der Waals surface area contributed by atoms with Crippen LogP contribution in [0, 0.1) is 0 Å². The summed E-state index contributed by atoms with van der Waals surface area (Å²) in [5.41, 5.74) is 2.79. The van der Waals surface area contributed by atoms with Crippen LogP contribution in [-0.4, -0.2) is 30.5 Å². The van der Waals surface area contributed by atoms with Crippen molar-refractivity contribution in [2.24, 2.45) is 0 Å². The van der Waals surface area contributed by atoms with E-state index in [0.717, 1.165) is 13.0 Å². The van der Waals surface area contributed by atoms with E-state index < -0.39 is 0 Å². The zero-order chi connectivity index (χ0) is 13.6. The van der Waals surface area contributed by atoms with Crippen molar-refractivity contribution in [1.29, 1.82) is 0 Å². The highest BCUT2D eigenvalue weighted by Crippen LogP contribution is 2.49. The lowest BCUT2D eigenvalue weighted by Gasteiger charge is -2.51. The molecule has 1 heterocycles. The summed E-state index contributed by atoms with van der Waals surface area (Å²) in [5, 5.41) is 0. The Hall–Kier alpha value is -1.35. The fourth-order valence-electron chi connectivity index (χ4n) is 3.71. The van der Waals surface area contributed by atoms with Gasteiger partial charge in [-0.1, -0.05) is 31.2 Å². The van der Waals surface area contributed by atoms with E-state index in [9.17, 15) is 4.79 Å². The summed E-state index contributed by atoms with van der Waals surface area (Å²) >= 11 is 0. The average Bonchev–Trinajstić information content (AvgIpc) is 2.39. The number of hydrogen-bond acceptors (Lipinski definition) is 3. The van der Waals surface area contributed by atoms with Gasteiger partial charge in [0.25, 0.3) is 0 Å². The maximum absolute atomic E-state index is 11.4. The normalized spacial score (nSPS) is 33.6. The van der Waals surface area contributed by atoms with Crippen LogP contribution >= 0.6 is 0 Å². The van der Waals surface area contributed by atoms with Crippen LogP contribution < -0.4 is 0 Å². The van der Waals surface area contributed by atoms with Crippen molar-refractivity contribution in [2.75, 3.05) is 13.6 Å². The van der Waals surface area contributed by atoms with Crippen molar-refractivity contribution >= 4 is 5.97 Å². The summed E-state index contributed by atoms with van der Waals surface area (Å²) in [7, 11) is 2.13. The summed E-state index contributed by atoms with van der Waals surface area (Å²) in [4.78, 5) is 13.8. The molecule has 1 fully saturated rings. The second-order valence-corrected chi connectivity index (χ2v) is 6.18. The van der Waals surface area contributed by atoms with Crippen LogP contribution in [0.25, 0.3) is 0 Å². The predicted octanol–water partition coefficient (Wildman–Crippen LogP) is 2.66. The van der Waals surface area contributed by atoms with Crippen LogP contribution in [0.15, 0.2) is 24.3 Å². The molecule has 3 rings (SSSR count). The first-order valence-electron chi connectivity index (χ1n) is 6.98. The number of carbonyl (C=O) groups excluding carboxylic acids is 1. The Morgan fingerprint density at radius 1 is 1.42 bits per heavy atom. The smallest absolute Gasteiger partial charge is 0.303 e. The summed E-state index contributed by atoms with van der Waals surface area (Å²) < 4.78 is 5.64.